The molecular formula is C7H14N2O. The van der Waals surface area contributed by atoms with Crippen LogP contribution in [-0.4, -0.2) is 23.6 Å². The zero-order chi connectivity index (χ0) is 7.78. The summed E-state index contributed by atoms with van der Waals surface area (Å²) < 4.78 is 0. The molecule has 3 heteroatoms. The van der Waals surface area contributed by atoms with Crippen LogP contribution in [0.5, 0.6) is 0 Å². The highest BCUT2D eigenvalue weighted by Crippen LogP contribution is 2.25. The Hall–Kier alpha value is -0.570. The van der Waals surface area contributed by atoms with E-state index in [2.05, 4.69) is 4.99 Å². The van der Waals surface area contributed by atoms with Crippen LogP contribution in [0.2, 0.25) is 0 Å². The molecule has 0 aromatic carbocycles. The van der Waals surface area contributed by atoms with Crippen molar-refractivity contribution in [1.82, 2.24) is 0 Å². The summed E-state index contributed by atoms with van der Waals surface area (Å²) in [5.74, 6) is 0.665. The number of hydrogen-bond acceptors (Lipinski definition) is 3. The Balaban J connectivity index is 2.76. The van der Waals surface area contributed by atoms with Gasteiger partial charge in [-0.1, -0.05) is 13.8 Å². The Bertz CT molecular complexity index is 163. The molecule has 0 aromatic rings. The summed E-state index contributed by atoms with van der Waals surface area (Å²) in [7, 11) is 0. The van der Waals surface area contributed by atoms with Gasteiger partial charge < -0.3 is 10.8 Å². The Morgan fingerprint density at radius 3 is 2.70 bits per heavy atom. The van der Waals surface area contributed by atoms with Crippen molar-refractivity contribution in [2.75, 3.05) is 6.54 Å². The van der Waals surface area contributed by atoms with Crippen molar-refractivity contribution in [2.24, 2.45) is 16.1 Å². The van der Waals surface area contributed by atoms with Crippen molar-refractivity contribution in [2.45, 2.75) is 26.4 Å². The van der Waals surface area contributed by atoms with Gasteiger partial charge in [0.05, 0.1) is 18.5 Å². The third-order valence-corrected chi connectivity index (χ3v) is 1.91. The molecule has 0 amide bonds. The van der Waals surface area contributed by atoms with Crippen LogP contribution in [0.15, 0.2) is 4.99 Å². The van der Waals surface area contributed by atoms with E-state index in [-0.39, 0.29) is 11.5 Å². The van der Waals surface area contributed by atoms with E-state index in [1.54, 1.807) is 0 Å². The summed E-state index contributed by atoms with van der Waals surface area (Å²) >= 11 is 0. The van der Waals surface area contributed by atoms with Gasteiger partial charge in [-0.05, 0) is 6.42 Å². The lowest BCUT2D eigenvalue weighted by molar-refractivity contribution is 0.135. The van der Waals surface area contributed by atoms with E-state index in [4.69, 9.17) is 5.73 Å². The van der Waals surface area contributed by atoms with Gasteiger partial charge in [0.1, 0.15) is 0 Å². The first-order valence-electron chi connectivity index (χ1n) is 3.51. The van der Waals surface area contributed by atoms with E-state index < -0.39 is 0 Å². The summed E-state index contributed by atoms with van der Waals surface area (Å²) in [5, 5.41) is 9.20. The van der Waals surface area contributed by atoms with Gasteiger partial charge in [0.2, 0.25) is 0 Å². The molecule has 0 aromatic heterocycles. The molecule has 1 heterocycles. The van der Waals surface area contributed by atoms with E-state index in [1.807, 2.05) is 13.8 Å². The summed E-state index contributed by atoms with van der Waals surface area (Å²) in [4.78, 5) is 4.01. The van der Waals surface area contributed by atoms with Crippen LogP contribution in [0, 0.1) is 5.41 Å². The zero-order valence-corrected chi connectivity index (χ0v) is 6.46. The Labute approximate surface area is 61.0 Å². The van der Waals surface area contributed by atoms with Crippen molar-refractivity contribution in [3.05, 3.63) is 0 Å². The molecule has 1 unspecified atom stereocenters. The van der Waals surface area contributed by atoms with Crippen molar-refractivity contribution < 1.29 is 5.11 Å². The van der Waals surface area contributed by atoms with Crippen LogP contribution in [-0.2, 0) is 0 Å². The topological polar surface area (TPSA) is 58.6 Å². The fourth-order valence-corrected chi connectivity index (χ4v) is 1.18. The molecule has 0 radical (unpaired) electrons. The fraction of sp³-hybridized carbons (Fsp3) is 0.857. The fourth-order valence-electron chi connectivity index (χ4n) is 1.18. The maximum atomic E-state index is 9.20. The lowest BCUT2D eigenvalue weighted by Gasteiger charge is -2.30. The van der Waals surface area contributed by atoms with Crippen molar-refractivity contribution in [3.63, 3.8) is 0 Å². The lowest BCUT2D eigenvalue weighted by Crippen LogP contribution is -2.40. The quantitative estimate of drug-likeness (QED) is 0.505. The molecule has 0 spiro atoms. The summed E-state index contributed by atoms with van der Waals surface area (Å²) in [6, 6.07) is 0. The Morgan fingerprint density at radius 1 is 1.70 bits per heavy atom. The lowest BCUT2D eigenvalue weighted by atomic mass is 9.83. The van der Waals surface area contributed by atoms with Crippen molar-refractivity contribution in [1.29, 1.82) is 0 Å². The van der Waals surface area contributed by atoms with Crippen LogP contribution in [0.3, 0.4) is 0 Å². The highest BCUT2D eigenvalue weighted by Gasteiger charge is 2.29. The predicted octanol–water partition coefficient (Wildman–Crippen LogP) is 0.134. The van der Waals surface area contributed by atoms with E-state index in [0.717, 1.165) is 6.42 Å². The normalized spacial score (nSPS) is 31.5. The number of aliphatic hydroxyl groups excluding tert-OH is 1. The highest BCUT2D eigenvalue weighted by molar-refractivity contribution is 5.86. The molecule has 0 saturated heterocycles. The van der Waals surface area contributed by atoms with Gasteiger partial charge in [0.25, 0.3) is 0 Å². The monoisotopic (exact) mass is 142 g/mol. The number of hydrogen-bond donors (Lipinski definition) is 2. The minimum atomic E-state index is -0.303. The van der Waals surface area contributed by atoms with E-state index in [0.29, 0.717) is 12.4 Å². The molecule has 0 saturated carbocycles. The summed E-state index contributed by atoms with van der Waals surface area (Å²) in [5.41, 5.74) is 5.50. The smallest absolute Gasteiger partial charge is 0.0996 e. The van der Waals surface area contributed by atoms with Crippen LogP contribution in [0.25, 0.3) is 0 Å². The largest absolute Gasteiger partial charge is 0.391 e. The van der Waals surface area contributed by atoms with Crippen molar-refractivity contribution in [3.8, 4) is 0 Å². The number of amidine groups is 1. The minimum absolute atomic E-state index is 0.113. The second-order valence-electron chi connectivity index (χ2n) is 3.47. The minimum Gasteiger partial charge on any atom is -0.391 e. The predicted molar refractivity (Wildman–Crippen MR) is 40.9 cm³/mol. The SMILES string of the molecule is CC1(C)CC(O)CN=C1N. The molecule has 3 nitrogen and oxygen atoms in total. The second-order valence-corrected chi connectivity index (χ2v) is 3.47. The third kappa shape index (κ3) is 1.29. The zero-order valence-electron chi connectivity index (χ0n) is 6.46. The molecule has 0 aliphatic carbocycles. The molecule has 1 aliphatic heterocycles. The van der Waals surface area contributed by atoms with Gasteiger partial charge in [-0.3, -0.25) is 4.99 Å². The van der Waals surface area contributed by atoms with Gasteiger partial charge in [0.15, 0.2) is 0 Å². The Kier molecular flexibility index (Phi) is 1.68. The molecule has 10 heavy (non-hydrogen) atoms. The van der Waals surface area contributed by atoms with Crippen LogP contribution < -0.4 is 5.73 Å². The highest BCUT2D eigenvalue weighted by atomic mass is 16.3. The number of aliphatic imine (C=N–C) groups is 1. The first-order chi connectivity index (χ1) is 4.52. The van der Waals surface area contributed by atoms with E-state index in [1.165, 1.54) is 0 Å². The number of aliphatic hydroxyl groups is 1. The number of rotatable bonds is 0. The van der Waals surface area contributed by atoms with E-state index >= 15 is 0 Å². The molecule has 0 bridgehead atoms. The molecule has 0 fully saturated rings. The average molecular weight is 142 g/mol. The molecular weight excluding hydrogens is 128 g/mol. The van der Waals surface area contributed by atoms with Crippen LogP contribution >= 0.6 is 0 Å². The van der Waals surface area contributed by atoms with Gasteiger partial charge in [-0.15, -0.1) is 0 Å². The van der Waals surface area contributed by atoms with Crippen LogP contribution in [0.4, 0.5) is 0 Å². The van der Waals surface area contributed by atoms with E-state index in [9.17, 15) is 5.11 Å². The molecule has 1 atom stereocenters. The van der Waals surface area contributed by atoms with Gasteiger partial charge in [-0.25, -0.2) is 0 Å². The van der Waals surface area contributed by atoms with Gasteiger partial charge in [0, 0.05) is 5.41 Å². The van der Waals surface area contributed by atoms with Gasteiger partial charge in [-0.2, -0.15) is 0 Å². The maximum Gasteiger partial charge on any atom is 0.0996 e. The average Bonchev–Trinajstić information content (AvgIpc) is 1.78. The third-order valence-electron chi connectivity index (χ3n) is 1.91. The number of nitrogens with zero attached hydrogens (tertiary/aromatic N) is 1. The van der Waals surface area contributed by atoms with Gasteiger partial charge >= 0.3 is 0 Å². The number of nitrogens with two attached hydrogens (primary N) is 1. The second kappa shape index (κ2) is 2.23. The standard InChI is InChI=1S/C7H14N2O/c1-7(2)3-5(10)4-9-6(7)8/h5,10H,3-4H2,1-2H3,(H2,8,9). The van der Waals surface area contributed by atoms with Crippen LogP contribution in [0.1, 0.15) is 20.3 Å². The first-order valence-corrected chi connectivity index (χ1v) is 3.51. The first kappa shape index (κ1) is 7.54. The van der Waals surface area contributed by atoms with Crippen molar-refractivity contribution >= 4 is 5.84 Å². The maximum absolute atomic E-state index is 9.20. The summed E-state index contributed by atoms with van der Waals surface area (Å²) in [6.07, 6.45) is 0.421. The molecule has 1 aliphatic rings. The molecule has 1 rings (SSSR count). The summed E-state index contributed by atoms with van der Waals surface area (Å²) in [6.45, 7) is 4.46. The Morgan fingerprint density at radius 2 is 2.30 bits per heavy atom. The molecule has 58 valence electrons. The molecule has 3 N–H and O–H groups in total.